The molecule has 23 heavy (non-hydrogen) atoms. The maximum atomic E-state index is 12.8. The van der Waals surface area contributed by atoms with Gasteiger partial charge in [0.2, 0.25) is 0 Å². The van der Waals surface area contributed by atoms with E-state index in [1.54, 1.807) is 11.3 Å². The molecule has 0 aliphatic heterocycles. The number of aromatic nitrogens is 1. The predicted octanol–water partition coefficient (Wildman–Crippen LogP) is 5.02. The zero-order valence-electron chi connectivity index (χ0n) is 12.6. The molecular formula is C17H19F3N2S. The molecule has 1 saturated carbocycles. The van der Waals surface area contributed by atoms with Gasteiger partial charge < -0.3 is 5.32 Å². The van der Waals surface area contributed by atoms with E-state index in [1.165, 1.54) is 0 Å². The highest BCUT2D eigenvalue weighted by atomic mass is 32.1. The zero-order chi connectivity index (χ0) is 16.3. The molecule has 2 aromatic rings. The van der Waals surface area contributed by atoms with Gasteiger partial charge in [-0.15, -0.1) is 11.3 Å². The average molecular weight is 340 g/mol. The maximum absolute atomic E-state index is 12.8. The molecule has 2 nitrogen and oxygen atoms in total. The molecule has 1 aromatic carbocycles. The number of hydrogen-bond donors (Lipinski definition) is 1. The van der Waals surface area contributed by atoms with Gasteiger partial charge in [-0.1, -0.05) is 36.8 Å². The van der Waals surface area contributed by atoms with Gasteiger partial charge in [0.25, 0.3) is 0 Å². The first-order valence-corrected chi connectivity index (χ1v) is 8.70. The topological polar surface area (TPSA) is 24.9 Å². The monoisotopic (exact) mass is 340 g/mol. The van der Waals surface area contributed by atoms with Gasteiger partial charge in [-0.25, -0.2) is 4.98 Å². The molecule has 0 saturated heterocycles. The van der Waals surface area contributed by atoms with Crippen LogP contribution in [0.25, 0.3) is 11.3 Å². The Morgan fingerprint density at radius 1 is 1.17 bits per heavy atom. The fourth-order valence-corrected chi connectivity index (χ4v) is 3.79. The van der Waals surface area contributed by atoms with E-state index in [0.717, 1.165) is 22.7 Å². The fraction of sp³-hybridized carbons (Fsp3) is 0.471. The Kier molecular flexibility index (Phi) is 5.02. The summed E-state index contributed by atoms with van der Waals surface area (Å²) in [5.41, 5.74) is 1.98. The largest absolute Gasteiger partial charge is 0.391 e. The Balaban J connectivity index is 1.56. The molecule has 6 heteroatoms. The van der Waals surface area contributed by atoms with E-state index in [1.807, 2.05) is 35.7 Å². The highest BCUT2D eigenvalue weighted by molar-refractivity contribution is 7.09. The minimum Gasteiger partial charge on any atom is -0.308 e. The van der Waals surface area contributed by atoms with Crippen LogP contribution in [0.15, 0.2) is 35.7 Å². The van der Waals surface area contributed by atoms with Crippen molar-refractivity contribution in [2.24, 2.45) is 5.92 Å². The molecule has 3 rings (SSSR count). The molecule has 124 valence electrons. The second-order valence-corrected chi connectivity index (χ2v) is 6.92. The molecule has 1 fully saturated rings. The standard InChI is InChI=1S/C17H19F3N2S/c18-17(19,20)13-7-4-8-14(9-13)21-10-16-22-15(11-23-16)12-5-2-1-3-6-12/h1-3,5-6,11,13-14,21H,4,7-10H2. The number of benzene rings is 1. The maximum Gasteiger partial charge on any atom is 0.391 e. The molecule has 0 bridgehead atoms. The zero-order valence-corrected chi connectivity index (χ0v) is 13.5. The van der Waals surface area contributed by atoms with E-state index in [0.29, 0.717) is 13.0 Å². The lowest BCUT2D eigenvalue weighted by Crippen LogP contribution is -2.38. The number of rotatable bonds is 4. The molecule has 1 aromatic heterocycles. The molecule has 2 atom stereocenters. The number of halogens is 3. The molecule has 0 spiro atoms. The Bertz CT molecular complexity index is 624. The summed E-state index contributed by atoms with van der Waals surface area (Å²) < 4.78 is 38.5. The Morgan fingerprint density at radius 2 is 1.96 bits per heavy atom. The predicted molar refractivity (Wildman–Crippen MR) is 86.2 cm³/mol. The summed E-state index contributed by atoms with van der Waals surface area (Å²) in [6.07, 6.45) is -2.18. The lowest BCUT2D eigenvalue weighted by molar-refractivity contribution is -0.183. The van der Waals surface area contributed by atoms with Crippen LogP contribution in [-0.2, 0) is 6.54 Å². The van der Waals surface area contributed by atoms with Crippen LogP contribution in [0.4, 0.5) is 13.2 Å². The van der Waals surface area contributed by atoms with Crippen LogP contribution in [0.1, 0.15) is 30.7 Å². The van der Waals surface area contributed by atoms with Crippen molar-refractivity contribution in [3.63, 3.8) is 0 Å². The van der Waals surface area contributed by atoms with Crippen molar-refractivity contribution in [2.75, 3.05) is 0 Å². The third-order valence-electron chi connectivity index (χ3n) is 4.30. The van der Waals surface area contributed by atoms with Crippen molar-refractivity contribution in [3.8, 4) is 11.3 Å². The van der Waals surface area contributed by atoms with Gasteiger partial charge in [-0.05, 0) is 19.3 Å². The van der Waals surface area contributed by atoms with E-state index >= 15 is 0 Å². The van der Waals surface area contributed by atoms with E-state index in [9.17, 15) is 13.2 Å². The van der Waals surface area contributed by atoms with Gasteiger partial charge >= 0.3 is 6.18 Å². The minimum absolute atomic E-state index is 0.0700. The summed E-state index contributed by atoms with van der Waals surface area (Å²) in [6, 6.07) is 9.82. The quantitative estimate of drug-likeness (QED) is 0.845. The summed E-state index contributed by atoms with van der Waals surface area (Å²) in [4.78, 5) is 4.57. The van der Waals surface area contributed by atoms with Gasteiger partial charge in [0.1, 0.15) is 5.01 Å². The Labute approximate surface area is 137 Å². The highest BCUT2D eigenvalue weighted by Gasteiger charge is 2.41. The summed E-state index contributed by atoms with van der Waals surface area (Å²) >= 11 is 1.54. The fourth-order valence-electron chi connectivity index (χ4n) is 3.04. The molecule has 1 N–H and O–H groups in total. The van der Waals surface area contributed by atoms with Crippen LogP contribution in [0.5, 0.6) is 0 Å². The number of thiazole rings is 1. The normalized spacial score (nSPS) is 22.2. The first-order chi connectivity index (χ1) is 11.0. The summed E-state index contributed by atoms with van der Waals surface area (Å²) in [6.45, 7) is 0.534. The first-order valence-electron chi connectivity index (χ1n) is 7.82. The van der Waals surface area contributed by atoms with E-state index in [-0.39, 0.29) is 18.9 Å². The van der Waals surface area contributed by atoms with E-state index in [4.69, 9.17) is 0 Å². The highest BCUT2D eigenvalue weighted by Crippen LogP contribution is 2.37. The van der Waals surface area contributed by atoms with Crippen molar-refractivity contribution in [1.82, 2.24) is 10.3 Å². The smallest absolute Gasteiger partial charge is 0.308 e. The summed E-state index contributed by atoms with van der Waals surface area (Å²) in [7, 11) is 0. The van der Waals surface area contributed by atoms with Crippen molar-refractivity contribution in [3.05, 3.63) is 40.7 Å². The van der Waals surface area contributed by atoms with Crippen LogP contribution >= 0.6 is 11.3 Å². The van der Waals surface area contributed by atoms with Gasteiger partial charge in [-0.3, -0.25) is 0 Å². The number of nitrogens with zero attached hydrogens (tertiary/aromatic N) is 1. The van der Waals surface area contributed by atoms with Gasteiger partial charge in [-0.2, -0.15) is 13.2 Å². The Morgan fingerprint density at radius 3 is 2.70 bits per heavy atom. The summed E-state index contributed by atoms with van der Waals surface area (Å²) in [5.74, 6) is -1.16. The van der Waals surface area contributed by atoms with Crippen LogP contribution in [0.2, 0.25) is 0 Å². The van der Waals surface area contributed by atoms with Gasteiger partial charge in [0, 0.05) is 23.5 Å². The lowest BCUT2D eigenvalue weighted by Gasteiger charge is -2.30. The molecule has 0 radical (unpaired) electrons. The van der Waals surface area contributed by atoms with Crippen LogP contribution in [0.3, 0.4) is 0 Å². The second-order valence-electron chi connectivity index (χ2n) is 5.98. The van der Waals surface area contributed by atoms with Crippen LogP contribution in [-0.4, -0.2) is 17.2 Å². The van der Waals surface area contributed by atoms with Crippen molar-refractivity contribution in [1.29, 1.82) is 0 Å². The number of hydrogen-bond acceptors (Lipinski definition) is 3. The molecule has 1 aliphatic carbocycles. The van der Waals surface area contributed by atoms with Gasteiger partial charge in [0.15, 0.2) is 0 Å². The number of nitrogens with one attached hydrogen (secondary N) is 1. The molecule has 0 amide bonds. The minimum atomic E-state index is -4.07. The molecule has 1 aliphatic rings. The number of alkyl halides is 3. The third-order valence-corrected chi connectivity index (χ3v) is 5.15. The third kappa shape index (κ3) is 4.32. The van der Waals surface area contributed by atoms with Gasteiger partial charge in [0.05, 0.1) is 11.6 Å². The van der Waals surface area contributed by atoms with Crippen LogP contribution < -0.4 is 5.32 Å². The average Bonchev–Trinajstić information content (AvgIpc) is 3.02. The molecule has 1 heterocycles. The summed E-state index contributed by atoms with van der Waals surface area (Å²) in [5, 5.41) is 6.16. The van der Waals surface area contributed by atoms with E-state index in [2.05, 4.69) is 10.3 Å². The first kappa shape index (κ1) is 16.5. The molecule has 2 unspecified atom stereocenters. The van der Waals surface area contributed by atoms with Crippen LogP contribution in [0, 0.1) is 5.92 Å². The van der Waals surface area contributed by atoms with Crippen molar-refractivity contribution >= 4 is 11.3 Å². The lowest BCUT2D eigenvalue weighted by atomic mass is 9.85. The SMILES string of the molecule is FC(F)(F)C1CCCC(NCc2nc(-c3ccccc3)cs2)C1. The molecular weight excluding hydrogens is 321 g/mol. The Hall–Kier alpha value is -1.40. The van der Waals surface area contributed by atoms with Crippen molar-refractivity contribution in [2.45, 2.75) is 44.4 Å². The second kappa shape index (κ2) is 7.01. The van der Waals surface area contributed by atoms with E-state index < -0.39 is 12.1 Å². The van der Waals surface area contributed by atoms with Crippen molar-refractivity contribution < 1.29 is 13.2 Å².